The maximum atomic E-state index is 14.8. The lowest BCUT2D eigenvalue weighted by molar-refractivity contribution is -0.173. The van der Waals surface area contributed by atoms with Crippen molar-refractivity contribution in [3.8, 4) is 0 Å². The fourth-order valence-electron chi connectivity index (χ4n) is 6.34. The summed E-state index contributed by atoms with van der Waals surface area (Å²) in [4.78, 5) is 40.9. The fourth-order valence-corrected chi connectivity index (χ4v) is 6.34. The molecule has 1 saturated heterocycles. The predicted molar refractivity (Wildman–Crippen MR) is 143 cm³/mol. The Morgan fingerprint density at radius 2 is 1.81 bits per heavy atom. The molecule has 2 aliphatic rings. The number of ketones is 2. The molecule has 1 heterocycles. The average Bonchev–Trinajstić information content (AvgIpc) is 3.06. The molecule has 7 heteroatoms. The van der Waals surface area contributed by atoms with Crippen LogP contribution in [0.25, 0.3) is 0 Å². The summed E-state index contributed by atoms with van der Waals surface area (Å²) >= 11 is 0. The monoisotopic (exact) mass is 520 g/mol. The molecule has 0 bridgehead atoms. The number of Topliss-reactive ketones (excluding diaryl/α,β-unsaturated/α-hetero) is 2. The largest absolute Gasteiger partial charge is 0.509 e. The second-order valence-electron chi connectivity index (χ2n) is 12.8. The van der Waals surface area contributed by atoms with Crippen LogP contribution in [0.3, 0.4) is 0 Å². The van der Waals surface area contributed by atoms with Crippen molar-refractivity contribution in [2.45, 2.75) is 105 Å². The van der Waals surface area contributed by atoms with Crippen molar-refractivity contribution in [3.63, 3.8) is 0 Å². The molecule has 1 saturated carbocycles. The Bertz CT molecular complexity index is 900. The maximum absolute atomic E-state index is 14.8. The van der Waals surface area contributed by atoms with Crippen LogP contribution >= 0.6 is 0 Å². The standard InChI is InChI=1S/C30H48O7/c1-12-15-30(23(31)20(3)4)24(32)29(13-2,18-22-28(9,10)37-25(33)36-22)17-21(27(30,7)8)14-16-26(5,6)35-19-34-11/h12-13,20-22H,1-2,14-19H2,3-11H3/t21-,22-,29-,30+/m0/s1. The van der Waals surface area contributed by atoms with E-state index >= 15 is 0 Å². The van der Waals surface area contributed by atoms with Gasteiger partial charge in [-0.1, -0.05) is 39.8 Å². The highest BCUT2D eigenvalue weighted by Gasteiger charge is 2.67. The molecule has 0 unspecified atom stereocenters. The van der Waals surface area contributed by atoms with Gasteiger partial charge in [0.2, 0.25) is 0 Å². The highest BCUT2D eigenvalue weighted by Crippen LogP contribution is 2.63. The van der Waals surface area contributed by atoms with Gasteiger partial charge in [-0.2, -0.15) is 0 Å². The van der Waals surface area contributed by atoms with Gasteiger partial charge in [0, 0.05) is 19.4 Å². The van der Waals surface area contributed by atoms with Gasteiger partial charge in [0.25, 0.3) is 0 Å². The summed E-state index contributed by atoms with van der Waals surface area (Å²) in [6, 6.07) is 0. The molecular formula is C30H48O7. The summed E-state index contributed by atoms with van der Waals surface area (Å²) in [6.45, 7) is 23.6. The topological polar surface area (TPSA) is 88.1 Å². The van der Waals surface area contributed by atoms with Gasteiger partial charge in [0.05, 0.1) is 16.4 Å². The molecule has 0 amide bonds. The number of allylic oxidation sites excluding steroid dienone is 2. The van der Waals surface area contributed by atoms with Gasteiger partial charge in [-0.25, -0.2) is 4.79 Å². The summed E-state index contributed by atoms with van der Waals surface area (Å²) in [6.07, 6.45) is 4.31. The van der Waals surface area contributed by atoms with Crippen molar-refractivity contribution in [3.05, 3.63) is 25.3 Å². The van der Waals surface area contributed by atoms with Crippen molar-refractivity contribution in [1.29, 1.82) is 0 Å². The third-order valence-electron chi connectivity index (χ3n) is 8.93. The molecular weight excluding hydrogens is 472 g/mol. The SMILES string of the molecule is C=CC[C@@]1(C(=O)C(C)C)C(=O)[C@](C=C)(C[C@@H]2OC(=O)OC2(C)C)C[C@H](CCC(C)(C)OCOC)C1(C)C. The lowest BCUT2D eigenvalue weighted by Crippen LogP contribution is -2.64. The number of methoxy groups -OCH3 is 1. The second kappa shape index (κ2) is 11.0. The van der Waals surface area contributed by atoms with Crippen LogP contribution in [0.15, 0.2) is 25.3 Å². The zero-order valence-corrected chi connectivity index (χ0v) is 24.4. The van der Waals surface area contributed by atoms with Crippen LogP contribution in [-0.2, 0) is 28.5 Å². The Kier molecular flexibility index (Phi) is 9.29. The van der Waals surface area contributed by atoms with Gasteiger partial charge in [-0.3, -0.25) is 9.59 Å². The fraction of sp³-hybridized carbons (Fsp3) is 0.767. The van der Waals surface area contributed by atoms with Crippen LogP contribution in [0.5, 0.6) is 0 Å². The molecule has 0 N–H and O–H groups in total. The molecule has 0 radical (unpaired) electrons. The van der Waals surface area contributed by atoms with E-state index in [1.165, 1.54) is 0 Å². The molecule has 4 atom stereocenters. The zero-order chi connectivity index (χ0) is 28.4. The number of carbonyl (C=O) groups is 3. The summed E-state index contributed by atoms with van der Waals surface area (Å²) in [7, 11) is 1.59. The van der Waals surface area contributed by atoms with E-state index in [-0.39, 0.29) is 43.0 Å². The molecule has 1 aliphatic carbocycles. The first-order valence-electron chi connectivity index (χ1n) is 13.3. The van der Waals surface area contributed by atoms with Gasteiger partial charge >= 0.3 is 6.16 Å². The number of hydrogen-bond acceptors (Lipinski definition) is 7. The highest BCUT2D eigenvalue weighted by atomic mass is 16.8. The molecule has 1 aliphatic heterocycles. The van der Waals surface area contributed by atoms with Crippen LogP contribution in [0.4, 0.5) is 4.79 Å². The highest BCUT2D eigenvalue weighted by molar-refractivity contribution is 6.12. The summed E-state index contributed by atoms with van der Waals surface area (Å²) in [5.41, 5.74) is -4.41. The van der Waals surface area contributed by atoms with E-state index in [9.17, 15) is 14.4 Å². The van der Waals surface area contributed by atoms with Crippen LogP contribution in [-0.4, -0.2) is 48.9 Å². The number of ether oxygens (including phenoxy) is 4. The van der Waals surface area contributed by atoms with Crippen LogP contribution < -0.4 is 0 Å². The number of carbonyl (C=O) groups excluding carboxylic acids is 3. The lowest BCUT2D eigenvalue weighted by Gasteiger charge is -2.59. The molecule has 37 heavy (non-hydrogen) atoms. The van der Waals surface area contributed by atoms with Crippen LogP contribution in [0.2, 0.25) is 0 Å². The Morgan fingerprint density at radius 3 is 2.27 bits per heavy atom. The van der Waals surface area contributed by atoms with Crippen molar-refractivity contribution in [1.82, 2.24) is 0 Å². The van der Waals surface area contributed by atoms with E-state index in [1.807, 2.05) is 41.5 Å². The third kappa shape index (κ3) is 5.73. The van der Waals surface area contributed by atoms with Crippen molar-refractivity contribution >= 4 is 17.7 Å². The number of rotatable bonds is 13. The molecule has 0 aromatic carbocycles. The van der Waals surface area contributed by atoms with Crippen LogP contribution in [0, 0.1) is 28.1 Å². The minimum Gasteiger partial charge on any atom is -0.427 e. The Balaban J connectivity index is 2.66. The quantitative estimate of drug-likeness (QED) is 0.119. The van der Waals surface area contributed by atoms with Crippen molar-refractivity contribution in [2.24, 2.45) is 28.1 Å². The van der Waals surface area contributed by atoms with E-state index in [1.54, 1.807) is 33.1 Å². The van der Waals surface area contributed by atoms with Crippen molar-refractivity contribution in [2.75, 3.05) is 13.9 Å². The van der Waals surface area contributed by atoms with Gasteiger partial charge in [0.15, 0.2) is 5.78 Å². The maximum Gasteiger partial charge on any atom is 0.509 e. The number of hydrogen-bond donors (Lipinski definition) is 0. The van der Waals surface area contributed by atoms with E-state index in [0.29, 0.717) is 12.8 Å². The second-order valence-corrected chi connectivity index (χ2v) is 12.8. The lowest BCUT2D eigenvalue weighted by atomic mass is 9.42. The normalized spacial score (nSPS) is 31.1. The molecule has 2 rings (SSSR count). The summed E-state index contributed by atoms with van der Waals surface area (Å²) < 4.78 is 21.9. The smallest absolute Gasteiger partial charge is 0.427 e. The molecule has 0 spiro atoms. The summed E-state index contributed by atoms with van der Waals surface area (Å²) in [5, 5.41) is 0. The Hall–Kier alpha value is -1.99. The number of cyclic esters (lactones) is 2. The first-order chi connectivity index (χ1) is 17.0. The third-order valence-corrected chi connectivity index (χ3v) is 8.93. The minimum atomic E-state index is -1.30. The van der Waals surface area contributed by atoms with E-state index in [4.69, 9.17) is 18.9 Å². The Morgan fingerprint density at radius 1 is 1.19 bits per heavy atom. The Labute approximate surface area is 223 Å². The van der Waals surface area contributed by atoms with Gasteiger partial charge in [-0.15, -0.1) is 13.2 Å². The first kappa shape index (κ1) is 31.2. The van der Waals surface area contributed by atoms with Gasteiger partial charge in [-0.05, 0) is 64.7 Å². The van der Waals surface area contributed by atoms with Gasteiger partial charge < -0.3 is 18.9 Å². The van der Waals surface area contributed by atoms with E-state index in [0.717, 1.165) is 6.42 Å². The van der Waals surface area contributed by atoms with Crippen molar-refractivity contribution < 1.29 is 33.3 Å². The molecule has 0 aromatic heterocycles. The summed E-state index contributed by atoms with van der Waals surface area (Å²) in [5.74, 6) is -0.636. The van der Waals surface area contributed by atoms with E-state index < -0.39 is 39.7 Å². The molecule has 7 nitrogen and oxygen atoms in total. The first-order valence-corrected chi connectivity index (χ1v) is 13.3. The van der Waals surface area contributed by atoms with Crippen LogP contribution in [0.1, 0.15) is 87.5 Å². The minimum absolute atomic E-state index is 0.0302. The molecule has 210 valence electrons. The van der Waals surface area contributed by atoms with Gasteiger partial charge in [0.1, 0.15) is 24.3 Å². The molecule has 0 aromatic rings. The van der Waals surface area contributed by atoms with E-state index in [2.05, 4.69) is 13.2 Å². The predicted octanol–water partition coefficient (Wildman–Crippen LogP) is 6.45. The molecule has 2 fully saturated rings. The zero-order valence-electron chi connectivity index (χ0n) is 24.4. The average molecular weight is 521 g/mol.